The lowest BCUT2D eigenvalue weighted by Gasteiger charge is -2.26. The summed E-state index contributed by atoms with van der Waals surface area (Å²) in [6, 6.07) is 14.0. The van der Waals surface area contributed by atoms with Crippen LogP contribution in [0.25, 0.3) is 10.9 Å². The zero-order valence-electron chi connectivity index (χ0n) is 18.0. The highest BCUT2D eigenvalue weighted by Crippen LogP contribution is 2.30. The third-order valence-electron chi connectivity index (χ3n) is 6.20. The molecule has 8 heteroatoms. The Morgan fingerprint density at radius 1 is 1.06 bits per heavy atom. The number of hydrogen-bond donors (Lipinski definition) is 1. The Labute approximate surface area is 184 Å². The minimum atomic E-state index is -0.355. The Morgan fingerprint density at radius 3 is 2.56 bits per heavy atom. The van der Waals surface area contributed by atoms with Crippen LogP contribution >= 0.6 is 0 Å². The number of aromatic nitrogens is 5. The molecule has 3 heterocycles. The van der Waals surface area contributed by atoms with Gasteiger partial charge in [0.1, 0.15) is 11.9 Å². The largest absolute Gasteiger partial charge is 0.322 e. The molecule has 0 radical (unpaired) electrons. The lowest BCUT2D eigenvalue weighted by atomic mass is 10.0. The highest BCUT2D eigenvalue weighted by atomic mass is 19.1. The van der Waals surface area contributed by atoms with Crippen molar-refractivity contribution < 1.29 is 4.39 Å². The van der Waals surface area contributed by atoms with Gasteiger partial charge in [0.15, 0.2) is 5.82 Å². The highest BCUT2D eigenvalue weighted by Gasteiger charge is 2.32. The predicted molar refractivity (Wildman–Crippen MR) is 120 cm³/mol. The molecule has 1 fully saturated rings. The predicted octanol–water partition coefficient (Wildman–Crippen LogP) is 3.45. The van der Waals surface area contributed by atoms with Crippen LogP contribution in [0.4, 0.5) is 4.39 Å². The van der Waals surface area contributed by atoms with Crippen molar-refractivity contribution in [1.29, 1.82) is 0 Å². The second-order valence-corrected chi connectivity index (χ2v) is 8.30. The van der Waals surface area contributed by atoms with E-state index in [2.05, 4.69) is 38.4 Å². The first-order valence-electron chi connectivity index (χ1n) is 11.0. The molecule has 0 amide bonds. The molecule has 1 saturated heterocycles. The average molecular weight is 433 g/mol. The quantitative estimate of drug-likeness (QED) is 0.505. The molecule has 7 nitrogen and oxygen atoms in total. The van der Waals surface area contributed by atoms with Gasteiger partial charge in [0.05, 0.1) is 6.54 Å². The van der Waals surface area contributed by atoms with Gasteiger partial charge in [-0.3, -0.25) is 9.69 Å². The summed E-state index contributed by atoms with van der Waals surface area (Å²) in [5.41, 5.74) is 3.44. The fourth-order valence-electron chi connectivity index (χ4n) is 4.48. The van der Waals surface area contributed by atoms with E-state index < -0.39 is 0 Å². The molecule has 0 aliphatic carbocycles. The first-order chi connectivity index (χ1) is 15.6. The Bertz CT molecular complexity index is 1290. The first-order valence-corrected chi connectivity index (χ1v) is 11.0. The number of hydrogen-bond acceptors (Lipinski definition) is 5. The lowest BCUT2D eigenvalue weighted by molar-refractivity contribution is 0.263. The number of aryl methyl sites for hydroxylation is 1. The Hall–Kier alpha value is -3.39. The second-order valence-electron chi connectivity index (χ2n) is 8.30. The summed E-state index contributed by atoms with van der Waals surface area (Å²) >= 11 is 0. The van der Waals surface area contributed by atoms with Crippen LogP contribution in [0.15, 0.2) is 53.3 Å². The van der Waals surface area contributed by atoms with Gasteiger partial charge in [0, 0.05) is 11.1 Å². The van der Waals surface area contributed by atoms with Gasteiger partial charge in [-0.25, -0.2) is 9.07 Å². The van der Waals surface area contributed by atoms with Crippen LogP contribution in [0.1, 0.15) is 48.3 Å². The Morgan fingerprint density at radius 2 is 1.81 bits per heavy atom. The van der Waals surface area contributed by atoms with Crippen molar-refractivity contribution in [2.24, 2.45) is 0 Å². The van der Waals surface area contributed by atoms with Gasteiger partial charge in [-0.05, 0) is 89.6 Å². The van der Waals surface area contributed by atoms with Crippen LogP contribution in [-0.4, -0.2) is 43.2 Å². The second kappa shape index (κ2) is 8.63. The molecule has 1 aliphatic rings. The van der Waals surface area contributed by atoms with Crippen LogP contribution in [-0.2, 0) is 13.0 Å². The minimum absolute atomic E-state index is 0.130. The topological polar surface area (TPSA) is 79.7 Å². The van der Waals surface area contributed by atoms with E-state index in [0.717, 1.165) is 48.8 Å². The molecule has 1 N–H and O–H groups in total. The van der Waals surface area contributed by atoms with E-state index >= 15 is 0 Å². The summed E-state index contributed by atoms with van der Waals surface area (Å²) in [5.74, 6) is 0.336. The molecule has 32 heavy (non-hydrogen) atoms. The zero-order chi connectivity index (χ0) is 22.1. The maximum atomic E-state index is 13.3. The number of nitrogens with zero attached hydrogens (tertiary/aromatic N) is 5. The van der Waals surface area contributed by atoms with E-state index in [1.807, 2.05) is 18.2 Å². The maximum absolute atomic E-state index is 13.3. The van der Waals surface area contributed by atoms with Crippen molar-refractivity contribution in [2.45, 2.75) is 38.8 Å². The third kappa shape index (κ3) is 3.93. The van der Waals surface area contributed by atoms with Crippen LogP contribution < -0.4 is 5.56 Å². The number of H-pyrrole nitrogens is 1. The van der Waals surface area contributed by atoms with Crippen molar-refractivity contribution in [2.75, 3.05) is 13.1 Å². The molecule has 0 saturated carbocycles. The molecule has 1 unspecified atom stereocenters. The van der Waals surface area contributed by atoms with Gasteiger partial charge in [0.2, 0.25) is 0 Å². The standard InChI is InChI=1S/C24H25FN6O/c1-2-16-7-10-21-18(13-16)14-20(24(32)26-21)22(30-11-3-4-12-30)23-27-28-29-31(23)15-17-5-8-19(25)9-6-17/h5-10,13-14,22H,2-4,11-12,15H2,1H3,(H,26,32). The zero-order valence-corrected chi connectivity index (χ0v) is 18.0. The lowest BCUT2D eigenvalue weighted by Crippen LogP contribution is -2.33. The van der Waals surface area contributed by atoms with Crippen molar-refractivity contribution in [3.05, 3.63) is 87.2 Å². The van der Waals surface area contributed by atoms with Gasteiger partial charge >= 0.3 is 0 Å². The summed E-state index contributed by atoms with van der Waals surface area (Å²) in [4.78, 5) is 18.5. The number of tetrazole rings is 1. The number of halogens is 1. The molecule has 1 aliphatic heterocycles. The number of nitrogens with one attached hydrogen (secondary N) is 1. The fraction of sp³-hybridized carbons (Fsp3) is 0.333. The Balaban J connectivity index is 1.60. The minimum Gasteiger partial charge on any atom is -0.322 e. The van der Waals surface area contributed by atoms with Gasteiger partial charge in [-0.2, -0.15) is 0 Å². The normalized spacial score (nSPS) is 15.4. The molecule has 1 atom stereocenters. The number of benzene rings is 2. The van der Waals surface area contributed by atoms with E-state index in [4.69, 9.17) is 0 Å². The molecule has 0 bridgehead atoms. The first kappa shape index (κ1) is 20.5. The number of rotatable bonds is 6. The van der Waals surface area contributed by atoms with E-state index in [1.165, 1.54) is 17.7 Å². The molecule has 0 spiro atoms. The maximum Gasteiger partial charge on any atom is 0.253 e. The molecule has 2 aromatic heterocycles. The molecule has 164 valence electrons. The van der Waals surface area contributed by atoms with Crippen molar-refractivity contribution in [3.63, 3.8) is 0 Å². The summed E-state index contributed by atoms with van der Waals surface area (Å²) in [7, 11) is 0. The van der Waals surface area contributed by atoms with E-state index in [0.29, 0.717) is 17.9 Å². The van der Waals surface area contributed by atoms with E-state index in [9.17, 15) is 9.18 Å². The highest BCUT2D eigenvalue weighted by molar-refractivity contribution is 5.80. The fourth-order valence-corrected chi connectivity index (χ4v) is 4.48. The van der Waals surface area contributed by atoms with Gasteiger partial charge < -0.3 is 4.98 Å². The summed E-state index contributed by atoms with van der Waals surface area (Å²) < 4.78 is 15.0. The van der Waals surface area contributed by atoms with Crippen LogP contribution in [0.3, 0.4) is 0 Å². The Kier molecular flexibility index (Phi) is 5.53. The number of likely N-dealkylation sites (tertiary alicyclic amines) is 1. The number of fused-ring (bicyclic) bond motifs is 1. The smallest absolute Gasteiger partial charge is 0.253 e. The summed E-state index contributed by atoms with van der Waals surface area (Å²) in [5, 5.41) is 13.5. The molecule has 5 rings (SSSR count). The number of aromatic amines is 1. The number of pyridine rings is 1. The summed E-state index contributed by atoms with van der Waals surface area (Å²) in [6.07, 6.45) is 3.07. The van der Waals surface area contributed by atoms with E-state index in [-0.39, 0.29) is 17.4 Å². The molecular formula is C24H25FN6O. The van der Waals surface area contributed by atoms with Crippen LogP contribution in [0, 0.1) is 5.82 Å². The third-order valence-corrected chi connectivity index (χ3v) is 6.20. The van der Waals surface area contributed by atoms with Gasteiger partial charge in [-0.15, -0.1) is 5.10 Å². The SMILES string of the molecule is CCc1ccc2[nH]c(=O)c(C(c3nnnn3Cc3ccc(F)cc3)N3CCCC3)cc2c1. The van der Waals surface area contributed by atoms with Gasteiger partial charge in [-0.1, -0.05) is 25.1 Å². The summed E-state index contributed by atoms with van der Waals surface area (Å²) in [6.45, 7) is 4.27. The van der Waals surface area contributed by atoms with Crippen LogP contribution in [0.2, 0.25) is 0 Å². The van der Waals surface area contributed by atoms with Crippen molar-refractivity contribution in [3.8, 4) is 0 Å². The molecule has 4 aromatic rings. The average Bonchev–Trinajstić information content (AvgIpc) is 3.49. The van der Waals surface area contributed by atoms with Crippen molar-refractivity contribution >= 4 is 10.9 Å². The van der Waals surface area contributed by atoms with Gasteiger partial charge in [0.25, 0.3) is 5.56 Å². The van der Waals surface area contributed by atoms with Crippen LogP contribution in [0.5, 0.6) is 0 Å². The van der Waals surface area contributed by atoms with E-state index in [1.54, 1.807) is 16.8 Å². The van der Waals surface area contributed by atoms with Crippen molar-refractivity contribution in [1.82, 2.24) is 30.1 Å². The molecular weight excluding hydrogens is 407 g/mol. The molecule has 2 aromatic carbocycles. The monoisotopic (exact) mass is 432 g/mol.